The minimum absolute atomic E-state index is 0.0240. The highest BCUT2D eigenvalue weighted by molar-refractivity contribution is 6.31. The van der Waals surface area contributed by atoms with E-state index >= 15 is 0 Å². The highest BCUT2D eigenvalue weighted by atomic mass is 35.5. The number of likely N-dealkylation sites (N-methyl/N-ethyl adjacent to an activating group) is 1. The maximum Gasteiger partial charge on any atom is 0.323 e. The van der Waals surface area contributed by atoms with Crippen LogP contribution in [0.1, 0.15) is 37.3 Å². The molecule has 3 atom stereocenters. The Morgan fingerprint density at radius 2 is 1.80 bits per heavy atom. The zero-order valence-corrected chi connectivity index (χ0v) is 28.1. The maximum atomic E-state index is 12.5. The first kappa shape index (κ1) is 34.1. The molecule has 11 nitrogen and oxygen atoms in total. The number of rotatable bonds is 14. The van der Waals surface area contributed by atoms with Gasteiger partial charge in [0.1, 0.15) is 35.3 Å². The number of ether oxygens (including phenoxy) is 5. The van der Waals surface area contributed by atoms with Crippen molar-refractivity contribution < 1.29 is 28.5 Å². The van der Waals surface area contributed by atoms with E-state index in [1.165, 1.54) is 14.2 Å². The molecule has 0 saturated carbocycles. The van der Waals surface area contributed by atoms with E-state index in [1.54, 1.807) is 0 Å². The first-order valence-electron chi connectivity index (χ1n) is 16.0. The summed E-state index contributed by atoms with van der Waals surface area (Å²) in [5, 5.41) is 3.14. The standard InChI is InChI=1S/C34H46ClN5O6/c1-33(35)27(25-11-6-5-7-12-25)13-8-15-34(33,46-22-10-17-40-20-18-39(2)19-21-40)24-45-32-37-29(42-3)26(30(38-32)43-4)23-44-31(41)28-14-9-16-36-28/h5-8,11-13,15,28,36H,9-10,14,16-24H2,1-4H3/t28-,33?,34?/m0/s1. The number of aromatic nitrogens is 2. The average Bonchev–Trinajstić information content (AvgIpc) is 3.62. The predicted molar refractivity (Wildman–Crippen MR) is 177 cm³/mol. The van der Waals surface area contributed by atoms with Gasteiger partial charge < -0.3 is 38.8 Å². The Labute approximate surface area is 276 Å². The predicted octanol–water partition coefficient (Wildman–Crippen LogP) is 3.71. The zero-order valence-electron chi connectivity index (χ0n) is 27.3. The van der Waals surface area contributed by atoms with Gasteiger partial charge >= 0.3 is 12.0 Å². The summed E-state index contributed by atoms with van der Waals surface area (Å²) in [5.41, 5.74) is 1.28. The van der Waals surface area contributed by atoms with Crippen molar-refractivity contribution in [2.45, 2.75) is 49.3 Å². The smallest absolute Gasteiger partial charge is 0.323 e. The van der Waals surface area contributed by atoms with E-state index in [4.69, 9.17) is 35.3 Å². The molecular weight excluding hydrogens is 610 g/mol. The Morgan fingerprint density at radius 1 is 1.09 bits per heavy atom. The molecular formula is C34H46ClN5O6. The van der Waals surface area contributed by atoms with Crippen LogP contribution in [0.2, 0.25) is 0 Å². The summed E-state index contributed by atoms with van der Waals surface area (Å²) < 4.78 is 29.7. The fourth-order valence-electron chi connectivity index (χ4n) is 6.10. The number of alkyl halides is 1. The maximum absolute atomic E-state index is 12.5. The number of carbonyl (C=O) groups is 1. The molecule has 0 spiro atoms. The summed E-state index contributed by atoms with van der Waals surface area (Å²) in [6.45, 7) is 8.33. The molecule has 12 heteroatoms. The minimum Gasteiger partial charge on any atom is -0.480 e. The Bertz CT molecular complexity index is 1350. The van der Waals surface area contributed by atoms with E-state index in [0.717, 1.165) is 69.7 Å². The number of halogens is 1. The largest absolute Gasteiger partial charge is 0.480 e. The van der Waals surface area contributed by atoms with E-state index in [0.29, 0.717) is 12.2 Å². The third-order valence-corrected chi connectivity index (χ3v) is 9.53. The van der Waals surface area contributed by atoms with Gasteiger partial charge in [0, 0.05) is 39.3 Å². The van der Waals surface area contributed by atoms with Gasteiger partial charge in [-0.3, -0.25) is 4.79 Å². The minimum atomic E-state index is -1.05. The van der Waals surface area contributed by atoms with Gasteiger partial charge in [0.25, 0.3) is 0 Å². The Morgan fingerprint density at radius 3 is 2.46 bits per heavy atom. The molecule has 2 fully saturated rings. The number of esters is 1. The van der Waals surface area contributed by atoms with Crippen LogP contribution < -0.4 is 19.5 Å². The molecule has 2 saturated heterocycles. The van der Waals surface area contributed by atoms with E-state index < -0.39 is 10.5 Å². The van der Waals surface area contributed by atoms with Crippen molar-refractivity contribution >= 4 is 23.1 Å². The SMILES string of the molecule is COc1nc(OCC2(OCCCN3CCN(C)CC3)C=CC=C(c3ccccc3)C2(C)Cl)nc(OC)c1COC(=O)[C@@H]1CCCN1. The third kappa shape index (κ3) is 7.83. The van der Waals surface area contributed by atoms with Gasteiger partial charge in [-0.2, -0.15) is 9.97 Å². The van der Waals surface area contributed by atoms with Crippen molar-refractivity contribution in [3.05, 3.63) is 59.7 Å². The fraction of sp³-hybridized carbons (Fsp3) is 0.559. The van der Waals surface area contributed by atoms with Crippen LogP contribution in [0.5, 0.6) is 17.8 Å². The lowest BCUT2D eigenvalue weighted by molar-refractivity contribution is -0.147. The van der Waals surface area contributed by atoms with Crippen LogP contribution in [0.25, 0.3) is 5.57 Å². The first-order chi connectivity index (χ1) is 22.3. The summed E-state index contributed by atoms with van der Waals surface area (Å²) in [6, 6.07) is 9.75. The second kappa shape index (κ2) is 15.6. The van der Waals surface area contributed by atoms with Crippen LogP contribution in [-0.4, -0.2) is 116 Å². The summed E-state index contributed by atoms with van der Waals surface area (Å²) in [6.07, 6.45) is 8.47. The molecule has 1 aromatic carbocycles. The van der Waals surface area contributed by atoms with Gasteiger partial charge in [0.05, 0.1) is 14.2 Å². The fourth-order valence-corrected chi connectivity index (χ4v) is 6.45. The summed E-state index contributed by atoms with van der Waals surface area (Å²) in [7, 11) is 5.12. The quantitative estimate of drug-likeness (QED) is 0.183. The van der Waals surface area contributed by atoms with Crippen molar-refractivity contribution in [3.63, 3.8) is 0 Å². The lowest BCUT2D eigenvalue weighted by Crippen LogP contribution is -2.55. The van der Waals surface area contributed by atoms with Crippen LogP contribution >= 0.6 is 11.6 Å². The van der Waals surface area contributed by atoms with Crippen LogP contribution in [0.3, 0.4) is 0 Å². The molecule has 3 aliphatic rings. The number of allylic oxidation sites excluding steroid dienone is 2. The molecule has 1 N–H and O–H groups in total. The lowest BCUT2D eigenvalue weighted by Gasteiger charge is -2.45. The van der Waals surface area contributed by atoms with Crippen molar-refractivity contribution in [2.75, 3.05) is 73.7 Å². The number of piperazine rings is 1. The van der Waals surface area contributed by atoms with Crippen molar-refractivity contribution in [3.8, 4) is 17.8 Å². The highest BCUT2D eigenvalue weighted by Crippen LogP contribution is 2.47. The second-order valence-electron chi connectivity index (χ2n) is 12.1. The third-order valence-electron chi connectivity index (χ3n) is 9.00. The molecule has 5 rings (SSSR count). The molecule has 2 unspecified atom stereocenters. The molecule has 250 valence electrons. The van der Waals surface area contributed by atoms with Crippen LogP contribution in [0, 0.1) is 0 Å². The van der Waals surface area contributed by atoms with E-state index in [1.807, 2.05) is 55.5 Å². The van der Waals surface area contributed by atoms with Crippen LogP contribution in [0.15, 0.2) is 48.6 Å². The lowest BCUT2D eigenvalue weighted by atomic mass is 9.76. The Balaban J connectivity index is 1.33. The molecule has 3 heterocycles. The van der Waals surface area contributed by atoms with E-state index in [9.17, 15) is 4.79 Å². The summed E-state index contributed by atoms with van der Waals surface area (Å²) in [4.78, 5) is 25.3. The molecule has 0 amide bonds. The number of hydrogen-bond donors (Lipinski definition) is 1. The van der Waals surface area contributed by atoms with Crippen molar-refractivity contribution in [1.82, 2.24) is 25.1 Å². The normalized spacial score (nSPS) is 25.2. The number of hydrogen-bond acceptors (Lipinski definition) is 11. The number of nitrogens with zero attached hydrogens (tertiary/aromatic N) is 4. The number of methoxy groups -OCH3 is 2. The first-order valence-corrected chi connectivity index (χ1v) is 16.3. The van der Waals surface area contributed by atoms with Gasteiger partial charge in [0.15, 0.2) is 0 Å². The van der Waals surface area contributed by atoms with Gasteiger partial charge in [-0.15, -0.1) is 11.6 Å². The molecule has 1 aromatic heterocycles. The van der Waals surface area contributed by atoms with Crippen LogP contribution in [-0.2, 0) is 20.9 Å². The number of nitrogens with one attached hydrogen (secondary N) is 1. The molecule has 0 radical (unpaired) electrons. The topological polar surface area (TPSA) is 108 Å². The highest BCUT2D eigenvalue weighted by Gasteiger charge is 2.51. The van der Waals surface area contributed by atoms with E-state index in [-0.39, 0.29) is 43.0 Å². The summed E-state index contributed by atoms with van der Waals surface area (Å²) >= 11 is 7.49. The number of benzene rings is 1. The monoisotopic (exact) mass is 655 g/mol. The Hall–Kier alpha value is -3.22. The van der Waals surface area contributed by atoms with Gasteiger partial charge in [0.2, 0.25) is 11.8 Å². The molecule has 46 heavy (non-hydrogen) atoms. The molecule has 1 aliphatic carbocycles. The van der Waals surface area contributed by atoms with Crippen molar-refractivity contribution in [1.29, 1.82) is 0 Å². The molecule has 0 bridgehead atoms. The Kier molecular flexibility index (Phi) is 11.6. The summed E-state index contributed by atoms with van der Waals surface area (Å²) in [5.74, 6) is 0.0455. The van der Waals surface area contributed by atoms with Crippen LogP contribution in [0.4, 0.5) is 0 Å². The number of carbonyl (C=O) groups excluding carboxylic acids is 1. The molecule has 2 aromatic rings. The van der Waals surface area contributed by atoms with E-state index in [2.05, 4.69) is 32.1 Å². The zero-order chi connectivity index (χ0) is 32.6. The second-order valence-corrected chi connectivity index (χ2v) is 12.8. The van der Waals surface area contributed by atoms with Gasteiger partial charge in [-0.25, -0.2) is 0 Å². The average molecular weight is 656 g/mol. The van der Waals surface area contributed by atoms with Gasteiger partial charge in [-0.1, -0.05) is 42.5 Å². The molecule has 2 aliphatic heterocycles. The van der Waals surface area contributed by atoms with Gasteiger partial charge in [-0.05, 0) is 57.0 Å². The van der Waals surface area contributed by atoms with Crippen molar-refractivity contribution in [2.24, 2.45) is 0 Å².